The van der Waals surface area contributed by atoms with Gasteiger partial charge in [0.2, 0.25) is 0 Å². The summed E-state index contributed by atoms with van der Waals surface area (Å²) < 4.78 is 0. The molecule has 3 rings (SSSR count). The Hall–Kier alpha value is -1.99. The predicted octanol–water partition coefficient (Wildman–Crippen LogP) is 3.18. The number of rotatable bonds is 2. The molecule has 0 bridgehead atoms. The molecule has 0 atom stereocenters. The summed E-state index contributed by atoms with van der Waals surface area (Å²) in [6.45, 7) is 0. The molecule has 0 radical (unpaired) electrons. The Labute approximate surface area is 116 Å². The van der Waals surface area contributed by atoms with Crippen LogP contribution in [0.4, 0.5) is 5.69 Å². The van der Waals surface area contributed by atoms with Gasteiger partial charge in [-0.1, -0.05) is 23.9 Å². The molecule has 94 valence electrons. The molecule has 0 saturated carbocycles. The van der Waals surface area contributed by atoms with Crippen LogP contribution in [0, 0.1) is 11.3 Å². The molecule has 1 heterocycles. The van der Waals surface area contributed by atoms with Crippen molar-refractivity contribution >= 4 is 17.4 Å². The van der Waals surface area contributed by atoms with E-state index in [1.807, 2.05) is 30.3 Å². The zero-order valence-corrected chi connectivity index (χ0v) is 11.2. The summed E-state index contributed by atoms with van der Waals surface area (Å²) >= 11 is 1.47. The number of hydrogen-bond donors (Lipinski definition) is 1. The topological polar surface area (TPSA) is 62.7 Å². The zero-order chi connectivity index (χ0) is 13.2. The van der Waals surface area contributed by atoms with Crippen LogP contribution in [-0.2, 0) is 12.8 Å². The van der Waals surface area contributed by atoms with E-state index in [1.165, 1.54) is 17.3 Å². The van der Waals surface area contributed by atoms with E-state index >= 15 is 0 Å². The molecule has 0 amide bonds. The van der Waals surface area contributed by atoms with Crippen LogP contribution in [0.1, 0.15) is 23.2 Å². The van der Waals surface area contributed by atoms with Crippen molar-refractivity contribution in [2.45, 2.75) is 29.2 Å². The van der Waals surface area contributed by atoms with E-state index in [-0.39, 0.29) is 0 Å². The highest BCUT2D eigenvalue weighted by molar-refractivity contribution is 7.99. The van der Waals surface area contributed by atoms with Crippen LogP contribution in [0.3, 0.4) is 0 Å². The molecule has 1 aromatic carbocycles. The molecule has 0 unspecified atom stereocenters. The van der Waals surface area contributed by atoms with Crippen LogP contribution < -0.4 is 5.73 Å². The first-order valence-electron chi connectivity index (χ1n) is 6.23. The molecule has 0 spiro atoms. The van der Waals surface area contributed by atoms with Gasteiger partial charge in [-0.25, -0.2) is 4.98 Å². The van der Waals surface area contributed by atoms with Gasteiger partial charge in [-0.15, -0.1) is 0 Å². The molecule has 2 N–H and O–H groups in total. The fourth-order valence-corrected chi connectivity index (χ4v) is 3.20. The predicted molar refractivity (Wildman–Crippen MR) is 76.0 cm³/mol. The van der Waals surface area contributed by atoms with Crippen LogP contribution >= 0.6 is 11.8 Å². The quantitative estimate of drug-likeness (QED) is 0.849. The van der Waals surface area contributed by atoms with Crippen molar-refractivity contribution in [1.29, 1.82) is 5.26 Å². The van der Waals surface area contributed by atoms with Crippen molar-refractivity contribution in [3.63, 3.8) is 0 Å². The van der Waals surface area contributed by atoms with Crippen molar-refractivity contribution in [3.8, 4) is 6.07 Å². The number of nitrogens with zero attached hydrogens (tertiary/aromatic N) is 2. The Bertz CT molecular complexity index is 674. The van der Waals surface area contributed by atoms with E-state index in [2.05, 4.69) is 11.1 Å². The first kappa shape index (κ1) is 12.1. The molecule has 0 aliphatic heterocycles. The minimum atomic E-state index is 0.647. The minimum absolute atomic E-state index is 0.647. The first-order valence-corrected chi connectivity index (χ1v) is 7.05. The molecule has 1 aliphatic carbocycles. The van der Waals surface area contributed by atoms with E-state index in [0.29, 0.717) is 5.56 Å². The van der Waals surface area contributed by atoms with E-state index in [4.69, 9.17) is 5.73 Å². The van der Waals surface area contributed by atoms with Crippen molar-refractivity contribution in [2.24, 2.45) is 0 Å². The molecule has 2 aromatic rings. The summed E-state index contributed by atoms with van der Waals surface area (Å²) in [5.41, 5.74) is 9.67. The molecular formula is C15H13N3S. The third-order valence-corrected chi connectivity index (χ3v) is 4.36. The molecule has 1 aromatic heterocycles. The van der Waals surface area contributed by atoms with Gasteiger partial charge < -0.3 is 5.73 Å². The third kappa shape index (κ3) is 2.29. The van der Waals surface area contributed by atoms with Gasteiger partial charge in [-0.3, -0.25) is 0 Å². The van der Waals surface area contributed by atoms with Crippen LogP contribution in [-0.4, -0.2) is 4.98 Å². The van der Waals surface area contributed by atoms with Crippen LogP contribution in [0.2, 0.25) is 0 Å². The number of aryl methyl sites for hydroxylation is 2. The number of nitrogens with two attached hydrogens (primary N) is 1. The lowest BCUT2D eigenvalue weighted by atomic mass is 10.2. The number of nitrogen functional groups attached to an aromatic ring is 1. The number of anilines is 1. The fraction of sp³-hybridized carbons (Fsp3) is 0.200. The van der Waals surface area contributed by atoms with Crippen LogP contribution in [0.15, 0.2) is 40.3 Å². The fourth-order valence-electron chi connectivity index (χ4n) is 2.29. The lowest BCUT2D eigenvalue weighted by molar-refractivity contribution is 0.891. The number of hydrogen-bond acceptors (Lipinski definition) is 4. The number of para-hydroxylation sites is 1. The maximum atomic E-state index is 9.26. The highest BCUT2D eigenvalue weighted by atomic mass is 32.2. The Morgan fingerprint density at radius 2 is 2.11 bits per heavy atom. The van der Waals surface area contributed by atoms with Gasteiger partial charge in [0.1, 0.15) is 11.1 Å². The summed E-state index contributed by atoms with van der Waals surface area (Å²) in [6, 6.07) is 11.9. The summed E-state index contributed by atoms with van der Waals surface area (Å²) in [5.74, 6) is 0. The van der Waals surface area contributed by atoms with Crippen LogP contribution in [0.5, 0.6) is 0 Å². The molecule has 19 heavy (non-hydrogen) atoms. The number of fused-ring (bicyclic) bond motifs is 1. The maximum Gasteiger partial charge on any atom is 0.119 e. The summed E-state index contributed by atoms with van der Waals surface area (Å²) in [4.78, 5) is 5.59. The molecule has 3 nitrogen and oxygen atoms in total. The maximum absolute atomic E-state index is 9.26. The summed E-state index contributed by atoms with van der Waals surface area (Å²) in [7, 11) is 0. The zero-order valence-electron chi connectivity index (χ0n) is 10.4. The van der Waals surface area contributed by atoms with Crippen molar-refractivity contribution in [3.05, 3.63) is 47.2 Å². The highest BCUT2D eigenvalue weighted by Crippen LogP contribution is 2.34. The van der Waals surface area contributed by atoms with Crippen molar-refractivity contribution < 1.29 is 0 Å². The number of benzene rings is 1. The lowest BCUT2D eigenvalue weighted by Gasteiger charge is -2.08. The summed E-state index contributed by atoms with van der Waals surface area (Å²) in [6.07, 6.45) is 3.18. The number of nitriles is 1. The molecular weight excluding hydrogens is 254 g/mol. The second-order valence-electron chi connectivity index (χ2n) is 4.55. The Morgan fingerprint density at radius 1 is 1.26 bits per heavy atom. The average Bonchev–Trinajstić information content (AvgIpc) is 2.87. The van der Waals surface area contributed by atoms with Gasteiger partial charge in [0.25, 0.3) is 0 Å². The van der Waals surface area contributed by atoms with Gasteiger partial charge >= 0.3 is 0 Å². The summed E-state index contributed by atoms with van der Waals surface area (Å²) in [5, 5.41) is 10.0. The largest absolute Gasteiger partial charge is 0.398 e. The number of aromatic nitrogens is 1. The van der Waals surface area contributed by atoms with Gasteiger partial charge in [0, 0.05) is 16.3 Å². The van der Waals surface area contributed by atoms with Crippen molar-refractivity contribution in [2.75, 3.05) is 5.73 Å². The second kappa shape index (κ2) is 4.94. The molecule has 4 heteroatoms. The van der Waals surface area contributed by atoms with E-state index in [1.54, 1.807) is 0 Å². The van der Waals surface area contributed by atoms with E-state index in [0.717, 1.165) is 40.6 Å². The average molecular weight is 267 g/mol. The SMILES string of the molecule is N#Cc1cc2c(nc1Sc1ccccc1N)CCC2. The van der Waals surface area contributed by atoms with Gasteiger partial charge in [0.15, 0.2) is 0 Å². The minimum Gasteiger partial charge on any atom is -0.398 e. The Kier molecular flexibility index (Phi) is 3.14. The monoisotopic (exact) mass is 267 g/mol. The standard InChI is InChI=1S/C15H13N3S/c16-9-11-8-10-4-3-6-13(10)18-15(11)19-14-7-2-1-5-12(14)17/h1-2,5,7-8H,3-4,6,17H2. The number of pyridine rings is 1. The second-order valence-corrected chi connectivity index (χ2v) is 5.58. The van der Waals surface area contributed by atoms with E-state index in [9.17, 15) is 5.26 Å². The Balaban J connectivity index is 2.02. The van der Waals surface area contributed by atoms with E-state index < -0.39 is 0 Å². The highest BCUT2D eigenvalue weighted by Gasteiger charge is 2.17. The molecule has 1 aliphatic rings. The van der Waals surface area contributed by atoms with Crippen LogP contribution in [0.25, 0.3) is 0 Å². The smallest absolute Gasteiger partial charge is 0.119 e. The van der Waals surface area contributed by atoms with Gasteiger partial charge in [-0.2, -0.15) is 5.26 Å². The Morgan fingerprint density at radius 3 is 2.89 bits per heavy atom. The normalized spacial score (nSPS) is 13.0. The van der Waals surface area contributed by atoms with Crippen molar-refractivity contribution in [1.82, 2.24) is 4.98 Å². The lowest BCUT2D eigenvalue weighted by Crippen LogP contribution is -1.95. The first-order chi connectivity index (χ1) is 9.28. The third-order valence-electron chi connectivity index (χ3n) is 3.26. The molecule has 0 fully saturated rings. The molecule has 0 saturated heterocycles. The van der Waals surface area contributed by atoms with Gasteiger partial charge in [-0.05, 0) is 43.0 Å². The van der Waals surface area contributed by atoms with Gasteiger partial charge in [0.05, 0.1) is 5.56 Å².